The largest absolute Gasteiger partial charge is 0.368 e. The van der Waals surface area contributed by atoms with E-state index in [2.05, 4.69) is 24.2 Å². The summed E-state index contributed by atoms with van der Waals surface area (Å²) in [6.07, 6.45) is 8.20. The van der Waals surface area contributed by atoms with E-state index >= 15 is 0 Å². The average Bonchev–Trinajstić information content (AvgIpc) is 2.85. The fourth-order valence-electron chi connectivity index (χ4n) is 4.35. The van der Waals surface area contributed by atoms with Crippen LogP contribution < -0.4 is 11.1 Å². The number of primary amides is 1. The van der Waals surface area contributed by atoms with Crippen LogP contribution in [0, 0.1) is 5.92 Å². The zero-order valence-electron chi connectivity index (χ0n) is 13.3. The normalized spacial score (nSPS) is 38.3. The smallest absolute Gasteiger partial charge is 0.237 e. The fraction of sp³-hybridized carbons (Fsp3) is 0.938. The first kappa shape index (κ1) is 15.8. The first-order valence-electron chi connectivity index (χ1n) is 8.27. The lowest BCUT2D eigenvalue weighted by Gasteiger charge is -2.40. The Kier molecular flexibility index (Phi) is 5.08. The van der Waals surface area contributed by atoms with E-state index in [1.807, 2.05) is 6.92 Å². The molecule has 2 aliphatic carbocycles. The van der Waals surface area contributed by atoms with Crippen molar-refractivity contribution in [1.29, 1.82) is 0 Å². The van der Waals surface area contributed by atoms with Crippen LogP contribution in [0.25, 0.3) is 0 Å². The number of amides is 1. The Labute approximate surface area is 123 Å². The highest BCUT2D eigenvalue weighted by Crippen LogP contribution is 2.36. The molecule has 0 radical (unpaired) electrons. The van der Waals surface area contributed by atoms with Gasteiger partial charge in [0.1, 0.15) is 0 Å². The summed E-state index contributed by atoms with van der Waals surface area (Å²) in [4.78, 5) is 14.4. The zero-order chi connectivity index (χ0) is 14.8. The molecule has 2 aliphatic rings. The standard InChI is InChI=1S/C16H31N3O/c1-4-18-16(15(17)20)10-9-13(11-16)19(3)14-8-6-5-7-12(14)2/h12-14,18H,4-11H2,1-3H3,(H2,17,20). The molecule has 0 saturated heterocycles. The third-order valence-electron chi connectivity index (χ3n) is 5.64. The van der Waals surface area contributed by atoms with Crippen molar-refractivity contribution in [2.24, 2.45) is 11.7 Å². The van der Waals surface area contributed by atoms with Crippen molar-refractivity contribution in [2.75, 3.05) is 13.6 Å². The molecule has 0 aromatic carbocycles. The van der Waals surface area contributed by atoms with Gasteiger partial charge in [-0.3, -0.25) is 4.79 Å². The van der Waals surface area contributed by atoms with Gasteiger partial charge >= 0.3 is 0 Å². The average molecular weight is 281 g/mol. The van der Waals surface area contributed by atoms with E-state index < -0.39 is 5.54 Å². The van der Waals surface area contributed by atoms with Crippen LogP contribution in [-0.4, -0.2) is 42.0 Å². The minimum absolute atomic E-state index is 0.174. The topological polar surface area (TPSA) is 58.4 Å². The van der Waals surface area contributed by atoms with Crippen LogP contribution in [0.15, 0.2) is 0 Å². The molecule has 3 N–H and O–H groups in total. The van der Waals surface area contributed by atoms with Gasteiger partial charge in [-0.25, -0.2) is 0 Å². The molecule has 116 valence electrons. The van der Waals surface area contributed by atoms with Crippen LogP contribution in [0.2, 0.25) is 0 Å². The molecule has 4 unspecified atom stereocenters. The molecule has 4 atom stereocenters. The molecule has 0 aliphatic heterocycles. The molecule has 0 heterocycles. The van der Waals surface area contributed by atoms with Gasteiger partial charge in [-0.1, -0.05) is 26.7 Å². The van der Waals surface area contributed by atoms with Crippen molar-refractivity contribution in [2.45, 2.75) is 76.4 Å². The molecule has 2 rings (SSSR count). The summed E-state index contributed by atoms with van der Waals surface area (Å²) in [5.74, 6) is 0.600. The highest BCUT2D eigenvalue weighted by Gasteiger charge is 2.45. The second-order valence-corrected chi connectivity index (χ2v) is 6.87. The monoisotopic (exact) mass is 281 g/mol. The number of nitrogens with two attached hydrogens (primary N) is 1. The molecule has 4 nitrogen and oxygen atoms in total. The summed E-state index contributed by atoms with van der Waals surface area (Å²) >= 11 is 0. The lowest BCUT2D eigenvalue weighted by molar-refractivity contribution is -0.124. The van der Waals surface area contributed by atoms with Gasteiger partial charge in [-0.05, 0) is 51.6 Å². The summed E-state index contributed by atoms with van der Waals surface area (Å²) in [6, 6.07) is 1.17. The summed E-state index contributed by atoms with van der Waals surface area (Å²) in [6.45, 7) is 5.23. The Hall–Kier alpha value is -0.610. The predicted molar refractivity (Wildman–Crippen MR) is 82.4 cm³/mol. The Morgan fingerprint density at radius 3 is 2.65 bits per heavy atom. The lowest BCUT2D eigenvalue weighted by atomic mass is 9.84. The molecule has 0 bridgehead atoms. The first-order chi connectivity index (χ1) is 9.50. The summed E-state index contributed by atoms with van der Waals surface area (Å²) in [5, 5.41) is 3.36. The van der Waals surface area contributed by atoms with Crippen molar-refractivity contribution in [3.05, 3.63) is 0 Å². The lowest BCUT2D eigenvalue weighted by Crippen LogP contribution is -2.55. The zero-order valence-corrected chi connectivity index (χ0v) is 13.3. The SMILES string of the molecule is CCNC1(C(N)=O)CCC(N(C)C2CCCCC2C)C1. The van der Waals surface area contributed by atoms with E-state index in [4.69, 9.17) is 5.73 Å². The van der Waals surface area contributed by atoms with E-state index in [1.165, 1.54) is 25.7 Å². The maximum absolute atomic E-state index is 11.9. The Morgan fingerprint density at radius 1 is 1.35 bits per heavy atom. The number of carbonyl (C=O) groups is 1. The van der Waals surface area contributed by atoms with Gasteiger partial charge < -0.3 is 16.0 Å². The second-order valence-electron chi connectivity index (χ2n) is 6.87. The second kappa shape index (κ2) is 6.44. The van der Waals surface area contributed by atoms with E-state index in [-0.39, 0.29) is 5.91 Å². The van der Waals surface area contributed by atoms with E-state index in [9.17, 15) is 4.79 Å². The minimum Gasteiger partial charge on any atom is -0.368 e. The van der Waals surface area contributed by atoms with E-state index in [0.717, 1.165) is 31.7 Å². The molecule has 2 fully saturated rings. The van der Waals surface area contributed by atoms with Gasteiger partial charge in [0.05, 0.1) is 5.54 Å². The van der Waals surface area contributed by atoms with Gasteiger partial charge in [0.15, 0.2) is 0 Å². The van der Waals surface area contributed by atoms with Crippen LogP contribution in [0.4, 0.5) is 0 Å². The molecular weight excluding hydrogens is 250 g/mol. The predicted octanol–water partition coefficient (Wildman–Crippen LogP) is 1.88. The number of carbonyl (C=O) groups excluding carboxylic acids is 1. The van der Waals surface area contributed by atoms with Crippen LogP contribution in [-0.2, 0) is 4.79 Å². The minimum atomic E-state index is -0.467. The molecule has 4 heteroatoms. The van der Waals surface area contributed by atoms with Crippen LogP contribution in [0.1, 0.15) is 58.8 Å². The Morgan fingerprint density at radius 2 is 2.05 bits per heavy atom. The third kappa shape index (κ3) is 3.01. The van der Waals surface area contributed by atoms with Gasteiger partial charge in [0.25, 0.3) is 0 Å². The highest BCUT2D eigenvalue weighted by molar-refractivity contribution is 5.85. The molecular formula is C16H31N3O. The third-order valence-corrected chi connectivity index (χ3v) is 5.64. The first-order valence-corrected chi connectivity index (χ1v) is 8.27. The molecule has 20 heavy (non-hydrogen) atoms. The summed E-state index contributed by atoms with van der Waals surface area (Å²) < 4.78 is 0. The highest BCUT2D eigenvalue weighted by atomic mass is 16.1. The summed E-state index contributed by atoms with van der Waals surface area (Å²) in [7, 11) is 2.25. The van der Waals surface area contributed by atoms with Gasteiger partial charge in [0.2, 0.25) is 5.91 Å². The Bertz CT molecular complexity index is 347. The quantitative estimate of drug-likeness (QED) is 0.809. The van der Waals surface area contributed by atoms with Crippen molar-refractivity contribution >= 4 is 5.91 Å². The van der Waals surface area contributed by atoms with Crippen LogP contribution in [0.5, 0.6) is 0 Å². The maximum atomic E-state index is 11.9. The van der Waals surface area contributed by atoms with Crippen molar-refractivity contribution in [1.82, 2.24) is 10.2 Å². The number of nitrogens with one attached hydrogen (secondary N) is 1. The number of hydrogen-bond acceptors (Lipinski definition) is 3. The van der Waals surface area contributed by atoms with Crippen LogP contribution in [0.3, 0.4) is 0 Å². The van der Waals surface area contributed by atoms with Crippen LogP contribution >= 0.6 is 0 Å². The van der Waals surface area contributed by atoms with Gasteiger partial charge in [-0.15, -0.1) is 0 Å². The molecule has 0 aromatic heterocycles. The number of nitrogens with zero attached hydrogens (tertiary/aromatic N) is 1. The maximum Gasteiger partial charge on any atom is 0.237 e. The molecule has 2 saturated carbocycles. The number of likely N-dealkylation sites (N-methyl/N-ethyl adjacent to an activating group) is 1. The van der Waals surface area contributed by atoms with Crippen molar-refractivity contribution in [3.63, 3.8) is 0 Å². The Balaban J connectivity index is 2.02. The van der Waals surface area contributed by atoms with E-state index in [0.29, 0.717) is 12.1 Å². The van der Waals surface area contributed by atoms with E-state index in [1.54, 1.807) is 0 Å². The van der Waals surface area contributed by atoms with Crippen molar-refractivity contribution < 1.29 is 4.79 Å². The molecule has 0 spiro atoms. The van der Waals surface area contributed by atoms with Gasteiger partial charge in [0, 0.05) is 12.1 Å². The summed E-state index contributed by atoms with van der Waals surface area (Å²) in [5.41, 5.74) is 5.20. The van der Waals surface area contributed by atoms with Crippen molar-refractivity contribution in [3.8, 4) is 0 Å². The molecule has 1 amide bonds. The molecule has 0 aromatic rings. The number of hydrogen-bond donors (Lipinski definition) is 2. The van der Waals surface area contributed by atoms with Gasteiger partial charge in [-0.2, -0.15) is 0 Å². The number of rotatable bonds is 5. The fourth-order valence-corrected chi connectivity index (χ4v) is 4.35.